The molecule has 1 aromatic carbocycles. The first-order valence-electron chi connectivity index (χ1n) is 3.86. The Morgan fingerprint density at radius 3 is 2.53 bits per heavy atom. The molecule has 7 heteroatoms. The van der Waals surface area contributed by atoms with Gasteiger partial charge in [-0.2, -0.15) is 8.78 Å². The first kappa shape index (κ1) is 11.3. The monoisotopic (exact) mass is 220 g/mol. The minimum Gasteiger partial charge on any atom is -0.398 e. The first-order chi connectivity index (χ1) is 6.88. The lowest BCUT2D eigenvalue weighted by molar-refractivity contribution is -0.385. The van der Waals surface area contributed by atoms with Crippen LogP contribution in [0.15, 0.2) is 18.2 Å². The van der Waals surface area contributed by atoms with E-state index >= 15 is 0 Å². The lowest BCUT2D eigenvalue weighted by Gasteiger charge is -2.14. The molecule has 0 amide bonds. The number of halogens is 3. The van der Waals surface area contributed by atoms with E-state index in [0.717, 1.165) is 12.1 Å². The maximum Gasteiger partial charge on any atom is 0.303 e. The number of anilines is 1. The van der Waals surface area contributed by atoms with Crippen LogP contribution < -0.4 is 5.73 Å². The summed E-state index contributed by atoms with van der Waals surface area (Å²) in [5, 5.41) is 10.3. The van der Waals surface area contributed by atoms with Gasteiger partial charge in [0.15, 0.2) is 6.67 Å². The Balaban J connectivity index is 3.28. The van der Waals surface area contributed by atoms with Gasteiger partial charge in [-0.3, -0.25) is 10.1 Å². The number of rotatable bonds is 3. The number of benzene rings is 1. The third kappa shape index (κ3) is 2.17. The summed E-state index contributed by atoms with van der Waals surface area (Å²) in [6.07, 6.45) is 0. The van der Waals surface area contributed by atoms with E-state index in [-0.39, 0.29) is 5.69 Å². The molecule has 0 atom stereocenters. The predicted molar refractivity (Wildman–Crippen MR) is 47.4 cm³/mol. The molecule has 2 N–H and O–H groups in total. The quantitative estimate of drug-likeness (QED) is 0.482. The second kappa shape index (κ2) is 3.76. The molecule has 0 aromatic heterocycles. The van der Waals surface area contributed by atoms with Gasteiger partial charge >= 0.3 is 5.92 Å². The maximum absolute atomic E-state index is 12.9. The minimum atomic E-state index is -3.80. The van der Waals surface area contributed by atoms with E-state index in [1.54, 1.807) is 0 Å². The maximum atomic E-state index is 12.9. The van der Waals surface area contributed by atoms with Crippen molar-refractivity contribution in [1.29, 1.82) is 0 Å². The molecule has 1 rings (SSSR count). The van der Waals surface area contributed by atoms with Crippen LogP contribution in [0.25, 0.3) is 0 Å². The van der Waals surface area contributed by atoms with Gasteiger partial charge in [-0.25, -0.2) is 4.39 Å². The van der Waals surface area contributed by atoms with E-state index in [9.17, 15) is 23.3 Å². The Hall–Kier alpha value is -1.79. The largest absolute Gasteiger partial charge is 0.398 e. The molecule has 0 heterocycles. The molecule has 0 saturated carbocycles. The van der Waals surface area contributed by atoms with Gasteiger partial charge in [0.2, 0.25) is 0 Å². The lowest BCUT2D eigenvalue weighted by Crippen LogP contribution is -2.18. The number of nitrogens with two attached hydrogens (primary N) is 1. The van der Waals surface area contributed by atoms with Crippen LogP contribution in [0.4, 0.5) is 24.5 Å². The molecule has 0 fully saturated rings. The molecule has 0 aliphatic rings. The first-order valence-corrected chi connectivity index (χ1v) is 3.86. The van der Waals surface area contributed by atoms with Gasteiger partial charge in [0.25, 0.3) is 5.69 Å². The molecule has 0 aliphatic heterocycles. The Morgan fingerprint density at radius 1 is 1.47 bits per heavy atom. The van der Waals surface area contributed by atoms with E-state index in [1.165, 1.54) is 0 Å². The second-order valence-electron chi connectivity index (χ2n) is 2.87. The molecule has 1 aromatic rings. The van der Waals surface area contributed by atoms with Crippen molar-refractivity contribution in [1.82, 2.24) is 0 Å². The molecule has 0 spiro atoms. The molecular formula is C8H7F3N2O2. The fourth-order valence-corrected chi connectivity index (χ4v) is 1.05. The van der Waals surface area contributed by atoms with Gasteiger partial charge < -0.3 is 5.73 Å². The summed E-state index contributed by atoms with van der Waals surface area (Å²) in [6, 6.07) is 2.51. The summed E-state index contributed by atoms with van der Waals surface area (Å²) >= 11 is 0. The van der Waals surface area contributed by atoms with Crippen molar-refractivity contribution < 1.29 is 18.1 Å². The zero-order valence-electron chi connectivity index (χ0n) is 7.41. The van der Waals surface area contributed by atoms with Gasteiger partial charge in [0, 0.05) is 17.8 Å². The Kier molecular flexibility index (Phi) is 2.83. The molecule has 0 aliphatic carbocycles. The third-order valence-electron chi connectivity index (χ3n) is 1.81. The second-order valence-corrected chi connectivity index (χ2v) is 2.87. The third-order valence-corrected chi connectivity index (χ3v) is 1.81. The molecule has 82 valence electrons. The van der Waals surface area contributed by atoms with E-state index in [4.69, 9.17) is 5.73 Å². The lowest BCUT2D eigenvalue weighted by atomic mass is 10.1. The summed E-state index contributed by atoms with van der Waals surface area (Å²) in [4.78, 5) is 9.46. The number of non-ortho nitro benzene ring substituents is 1. The summed E-state index contributed by atoms with van der Waals surface area (Å²) in [6.45, 7) is -1.95. The van der Waals surface area contributed by atoms with Gasteiger partial charge in [0.05, 0.1) is 10.5 Å². The smallest absolute Gasteiger partial charge is 0.303 e. The normalized spacial score (nSPS) is 11.4. The van der Waals surface area contributed by atoms with Crippen LogP contribution in [-0.2, 0) is 5.92 Å². The van der Waals surface area contributed by atoms with Crippen LogP contribution >= 0.6 is 0 Å². The van der Waals surface area contributed by atoms with E-state index in [2.05, 4.69) is 0 Å². The van der Waals surface area contributed by atoms with Crippen LogP contribution in [-0.4, -0.2) is 11.6 Å². The molecule has 0 unspecified atom stereocenters. The highest BCUT2D eigenvalue weighted by atomic mass is 19.3. The number of alkyl halides is 3. The Morgan fingerprint density at radius 2 is 2.07 bits per heavy atom. The molecule has 0 bridgehead atoms. The number of hydrogen-bond acceptors (Lipinski definition) is 3. The number of hydrogen-bond donors (Lipinski definition) is 1. The van der Waals surface area contributed by atoms with Crippen molar-refractivity contribution in [3.05, 3.63) is 33.9 Å². The van der Waals surface area contributed by atoms with Crippen LogP contribution in [0.2, 0.25) is 0 Å². The molecule has 4 nitrogen and oxygen atoms in total. The Bertz CT molecular complexity index is 395. The van der Waals surface area contributed by atoms with Crippen molar-refractivity contribution in [3.8, 4) is 0 Å². The van der Waals surface area contributed by atoms with E-state index < -0.39 is 28.8 Å². The number of nitrogens with zero attached hydrogens (tertiary/aromatic N) is 1. The van der Waals surface area contributed by atoms with Gasteiger partial charge in [-0.05, 0) is 6.07 Å². The SMILES string of the molecule is Nc1ccc([N+](=O)[O-])cc1C(F)(F)CF. The average molecular weight is 220 g/mol. The minimum absolute atomic E-state index is 0.372. The van der Waals surface area contributed by atoms with Gasteiger partial charge in [-0.15, -0.1) is 0 Å². The van der Waals surface area contributed by atoms with Gasteiger partial charge in [-0.1, -0.05) is 0 Å². The summed E-state index contributed by atoms with van der Waals surface area (Å²) in [7, 11) is 0. The highest BCUT2D eigenvalue weighted by Crippen LogP contribution is 2.34. The molecular weight excluding hydrogens is 213 g/mol. The zero-order valence-corrected chi connectivity index (χ0v) is 7.41. The van der Waals surface area contributed by atoms with Crippen molar-refractivity contribution in [2.75, 3.05) is 12.4 Å². The summed E-state index contributed by atoms with van der Waals surface area (Å²) < 4.78 is 37.8. The number of nitrogen functional groups attached to an aromatic ring is 1. The van der Waals surface area contributed by atoms with Crippen molar-refractivity contribution >= 4 is 11.4 Å². The molecule has 0 saturated heterocycles. The predicted octanol–water partition coefficient (Wildman–Crippen LogP) is 2.24. The molecule has 15 heavy (non-hydrogen) atoms. The van der Waals surface area contributed by atoms with Crippen LogP contribution in [0.1, 0.15) is 5.56 Å². The van der Waals surface area contributed by atoms with Crippen LogP contribution in [0.3, 0.4) is 0 Å². The topological polar surface area (TPSA) is 69.2 Å². The van der Waals surface area contributed by atoms with Gasteiger partial charge in [0.1, 0.15) is 0 Å². The standard InChI is InChI=1S/C8H7F3N2O2/c9-4-8(10,11)6-3-5(13(14)15)1-2-7(6)12/h1-3H,4,12H2. The van der Waals surface area contributed by atoms with Crippen molar-refractivity contribution in [2.24, 2.45) is 0 Å². The fourth-order valence-electron chi connectivity index (χ4n) is 1.05. The van der Waals surface area contributed by atoms with E-state index in [0.29, 0.717) is 6.07 Å². The van der Waals surface area contributed by atoms with Crippen LogP contribution in [0, 0.1) is 10.1 Å². The molecule has 0 radical (unpaired) electrons. The van der Waals surface area contributed by atoms with Crippen LogP contribution in [0.5, 0.6) is 0 Å². The highest BCUT2D eigenvalue weighted by molar-refractivity contribution is 5.54. The highest BCUT2D eigenvalue weighted by Gasteiger charge is 2.35. The number of nitro groups is 1. The van der Waals surface area contributed by atoms with Crippen molar-refractivity contribution in [2.45, 2.75) is 5.92 Å². The number of nitro benzene ring substituents is 1. The summed E-state index contributed by atoms with van der Waals surface area (Å²) in [5.41, 5.74) is 3.40. The van der Waals surface area contributed by atoms with Crippen molar-refractivity contribution in [3.63, 3.8) is 0 Å². The van der Waals surface area contributed by atoms with E-state index in [1.807, 2.05) is 0 Å². The summed E-state index contributed by atoms with van der Waals surface area (Å²) in [5.74, 6) is -3.80. The Labute approximate surface area is 82.7 Å². The fraction of sp³-hybridized carbons (Fsp3) is 0.250. The average Bonchev–Trinajstić information content (AvgIpc) is 2.17. The zero-order chi connectivity index (χ0) is 11.6.